The Hall–Kier alpha value is -0.0800. The van der Waals surface area contributed by atoms with E-state index in [9.17, 15) is 0 Å². The van der Waals surface area contributed by atoms with Gasteiger partial charge in [0.25, 0.3) is 0 Å². The molecule has 56 valence electrons. The second-order valence-corrected chi connectivity index (χ2v) is 1.09. The van der Waals surface area contributed by atoms with E-state index in [2.05, 4.69) is 21.3 Å². The maximum Gasteiger partial charge on any atom is 0.220 e. The fraction of sp³-hybridized carbons (Fsp3) is 0.667. The van der Waals surface area contributed by atoms with Crippen molar-refractivity contribution in [2.75, 3.05) is 14.1 Å². The van der Waals surface area contributed by atoms with Crippen LogP contribution in [0.4, 0.5) is 0 Å². The summed E-state index contributed by atoms with van der Waals surface area (Å²) in [5, 5.41) is 0. The summed E-state index contributed by atoms with van der Waals surface area (Å²) in [7, 11) is 3.35. The van der Waals surface area contributed by atoms with Gasteiger partial charge in [0.1, 0.15) is 0 Å². The summed E-state index contributed by atoms with van der Waals surface area (Å²) in [6, 6.07) is 0. The van der Waals surface area contributed by atoms with Crippen LogP contribution in [0, 0.1) is 0 Å². The van der Waals surface area contributed by atoms with Crippen LogP contribution in [0.5, 0.6) is 0 Å². The highest BCUT2D eigenvalue weighted by atomic mass is 127. The van der Waals surface area contributed by atoms with Gasteiger partial charge in [-0.1, -0.05) is 0 Å². The molecule has 0 aromatic rings. The molecule has 0 fully saturated rings. The van der Waals surface area contributed by atoms with Crippen LogP contribution in [-0.2, 0) is 0 Å². The lowest BCUT2D eigenvalue weighted by molar-refractivity contribution is 0.732. The maximum atomic E-state index is 4.99. The van der Waals surface area contributed by atoms with Crippen molar-refractivity contribution in [3.8, 4) is 0 Å². The Morgan fingerprint density at radius 1 is 1.56 bits per heavy atom. The van der Waals surface area contributed by atoms with Gasteiger partial charge in [0.05, 0.1) is 0 Å². The Balaban J connectivity index is 0. The maximum absolute atomic E-state index is 4.99. The smallest absolute Gasteiger partial charge is 0.220 e. The highest BCUT2D eigenvalue weighted by molar-refractivity contribution is 14.0. The molecule has 0 aliphatic rings. The number of guanidine groups is 1. The second kappa shape index (κ2) is 7.92. The van der Waals surface area contributed by atoms with Gasteiger partial charge in [0.15, 0.2) is 0 Å². The first-order valence-electron chi connectivity index (χ1n) is 2.21. The van der Waals surface area contributed by atoms with Crippen LogP contribution >= 0.6 is 24.0 Å². The minimum atomic E-state index is 0. The molecule has 6 heteroatoms. The van der Waals surface area contributed by atoms with Crippen molar-refractivity contribution in [3.05, 3.63) is 0 Å². The first-order valence-corrected chi connectivity index (χ1v) is 2.21. The number of hydrogen-bond donors (Lipinski definition) is 4. The Labute approximate surface area is 71.4 Å². The Bertz CT molecular complexity index is 82.3. The molecule has 0 rings (SSSR count). The molecule has 0 aliphatic carbocycles. The van der Waals surface area contributed by atoms with Crippen LogP contribution in [0.1, 0.15) is 0 Å². The predicted octanol–water partition coefficient (Wildman–Crippen LogP) is -1.22. The van der Waals surface area contributed by atoms with E-state index in [0.717, 1.165) is 0 Å². The molecule has 0 bridgehead atoms. The molecule has 5 N–H and O–H groups in total. The number of hydrazine groups is 2. The number of aliphatic imine (C=N–C) groups is 1. The number of hydrogen-bond acceptors (Lipinski definition) is 3. The molecule has 0 aromatic heterocycles. The van der Waals surface area contributed by atoms with Gasteiger partial charge in [0, 0.05) is 14.1 Å². The van der Waals surface area contributed by atoms with Crippen molar-refractivity contribution in [3.63, 3.8) is 0 Å². The van der Waals surface area contributed by atoms with Crippen molar-refractivity contribution in [1.29, 1.82) is 0 Å². The van der Waals surface area contributed by atoms with Crippen molar-refractivity contribution in [1.82, 2.24) is 16.3 Å². The largest absolute Gasteiger partial charge is 0.293 e. The monoisotopic (exact) mass is 245 g/mol. The molecule has 0 aliphatic heterocycles. The van der Waals surface area contributed by atoms with Gasteiger partial charge in [-0.2, -0.15) is 0 Å². The summed E-state index contributed by atoms with van der Waals surface area (Å²) in [5.41, 5.74) is 7.62. The third kappa shape index (κ3) is 5.80. The summed E-state index contributed by atoms with van der Waals surface area (Å²) in [6.45, 7) is 0. The lowest BCUT2D eigenvalue weighted by Gasteiger charge is -2.03. The van der Waals surface area contributed by atoms with Crippen molar-refractivity contribution in [2.45, 2.75) is 0 Å². The third-order valence-electron chi connectivity index (χ3n) is 0.604. The van der Waals surface area contributed by atoms with Crippen LogP contribution < -0.4 is 22.1 Å². The van der Waals surface area contributed by atoms with Gasteiger partial charge >= 0.3 is 0 Å². The summed E-state index contributed by atoms with van der Waals surface area (Å²) < 4.78 is 0. The highest BCUT2D eigenvalue weighted by Crippen LogP contribution is 1.53. The molecule has 0 aromatic carbocycles. The fourth-order valence-corrected chi connectivity index (χ4v) is 0.275. The van der Waals surface area contributed by atoms with Crippen LogP contribution in [-0.4, -0.2) is 20.1 Å². The molecule has 0 atom stereocenters. The Morgan fingerprint density at radius 3 is 2.22 bits per heavy atom. The third-order valence-corrected chi connectivity index (χ3v) is 0.604. The summed E-state index contributed by atoms with van der Waals surface area (Å²) >= 11 is 0. The lowest BCUT2D eigenvalue weighted by Crippen LogP contribution is -2.46. The van der Waals surface area contributed by atoms with Gasteiger partial charge in [0.2, 0.25) is 5.96 Å². The van der Waals surface area contributed by atoms with Crippen LogP contribution in [0.25, 0.3) is 0 Å². The molecular weight excluding hydrogens is 233 g/mol. The zero-order valence-corrected chi connectivity index (χ0v) is 7.76. The Morgan fingerprint density at radius 2 is 2.11 bits per heavy atom. The molecule has 0 amide bonds. The SMILES string of the molecule is CN=C(NN)NNC.I. The zero-order valence-electron chi connectivity index (χ0n) is 5.43. The molecule has 0 spiro atoms. The van der Waals surface area contributed by atoms with Gasteiger partial charge in [-0.05, 0) is 0 Å². The van der Waals surface area contributed by atoms with Crippen LogP contribution in [0.15, 0.2) is 4.99 Å². The standard InChI is InChI=1S/C3H11N5.HI/c1-5-3(7-4)8-6-2;/h6H,4H2,1-2H3,(H2,5,7,8);1H. The molecule has 9 heavy (non-hydrogen) atoms. The van der Waals surface area contributed by atoms with Crippen molar-refractivity contribution in [2.24, 2.45) is 10.8 Å². The van der Waals surface area contributed by atoms with Crippen LogP contribution in [0.2, 0.25) is 0 Å². The molecular formula is C3H12IN5. The summed E-state index contributed by atoms with van der Waals surface area (Å²) in [4.78, 5) is 3.70. The molecule has 0 radical (unpaired) electrons. The molecule has 0 heterocycles. The average molecular weight is 245 g/mol. The quantitative estimate of drug-likeness (QED) is 0.153. The minimum Gasteiger partial charge on any atom is -0.293 e. The van der Waals surface area contributed by atoms with E-state index in [0.29, 0.717) is 5.96 Å². The van der Waals surface area contributed by atoms with Gasteiger partial charge in [-0.3, -0.25) is 15.8 Å². The second-order valence-electron chi connectivity index (χ2n) is 1.09. The predicted molar refractivity (Wildman–Crippen MR) is 48.3 cm³/mol. The number of nitrogens with two attached hydrogens (primary N) is 1. The van der Waals surface area contributed by atoms with E-state index >= 15 is 0 Å². The van der Waals surface area contributed by atoms with E-state index in [-0.39, 0.29) is 24.0 Å². The number of nitrogens with one attached hydrogen (secondary N) is 3. The molecule has 5 nitrogen and oxygen atoms in total. The van der Waals surface area contributed by atoms with Gasteiger partial charge in [-0.15, -0.1) is 24.0 Å². The minimum absolute atomic E-state index is 0. The molecule has 0 unspecified atom stereocenters. The lowest BCUT2D eigenvalue weighted by atomic mass is 11.0. The van der Waals surface area contributed by atoms with E-state index in [1.54, 1.807) is 14.1 Å². The summed E-state index contributed by atoms with van der Waals surface area (Å²) in [5.74, 6) is 5.49. The highest BCUT2D eigenvalue weighted by Gasteiger charge is 1.84. The van der Waals surface area contributed by atoms with E-state index < -0.39 is 0 Å². The Kier molecular flexibility index (Phi) is 10.3. The van der Waals surface area contributed by atoms with Gasteiger partial charge < -0.3 is 0 Å². The van der Waals surface area contributed by atoms with Crippen LogP contribution in [0.3, 0.4) is 0 Å². The normalized spacial score (nSPS) is 9.89. The molecule has 0 saturated heterocycles. The zero-order chi connectivity index (χ0) is 6.41. The number of nitrogens with zero attached hydrogens (tertiary/aromatic N) is 1. The van der Waals surface area contributed by atoms with E-state index in [1.807, 2.05) is 0 Å². The fourth-order valence-electron chi connectivity index (χ4n) is 0.275. The number of rotatable bonds is 1. The first kappa shape index (κ1) is 11.7. The van der Waals surface area contributed by atoms with Gasteiger partial charge in [-0.25, -0.2) is 11.3 Å². The average Bonchev–Trinajstić information content (AvgIpc) is 1.83. The van der Waals surface area contributed by atoms with Crippen molar-refractivity contribution >= 4 is 29.9 Å². The number of halogens is 1. The summed E-state index contributed by atoms with van der Waals surface area (Å²) in [6.07, 6.45) is 0. The first-order chi connectivity index (χ1) is 3.85. The van der Waals surface area contributed by atoms with E-state index in [4.69, 9.17) is 5.84 Å². The molecule has 0 saturated carbocycles. The topological polar surface area (TPSA) is 74.5 Å². The van der Waals surface area contributed by atoms with Crippen molar-refractivity contribution < 1.29 is 0 Å². The van der Waals surface area contributed by atoms with E-state index in [1.165, 1.54) is 0 Å².